The molecule has 0 saturated heterocycles. The lowest BCUT2D eigenvalue weighted by atomic mass is 10.2. The van der Waals surface area contributed by atoms with Gasteiger partial charge in [0.1, 0.15) is 5.69 Å². The van der Waals surface area contributed by atoms with E-state index < -0.39 is 0 Å². The first-order chi connectivity index (χ1) is 12.3. The average molecular weight is 343 g/mol. The second kappa shape index (κ2) is 6.87. The summed E-state index contributed by atoms with van der Waals surface area (Å²) < 4.78 is 0. The van der Waals surface area contributed by atoms with E-state index in [0.717, 1.165) is 28.2 Å². The molecule has 3 nitrogen and oxygen atoms in total. The summed E-state index contributed by atoms with van der Waals surface area (Å²) in [5, 5.41) is 5.48. The second-order valence-corrected chi connectivity index (χ2v) is 6.77. The first kappa shape index (κ1) is 15.5. The second-order valence-electron chi connectivity index (χ2n) is 5.79. The summed E-state index contributed by atoms with van der Waals surface area (Å²) in [5.74, 6) is 0.761. The molecular formula is C21H17N3S. The van der Waals surface area contributed by atoms with Gasteiger partial charge in [-0.1, -0.05) is 30.3 Å². The summed E-state index contributed by atoms with van der Waals surface area (Å²) in [4.78, 5) is 10.8. The Balaban J connectivity index is 1.78. The molecule has 0 aliphatic rings. The zero-order valence-corrected chi connectivity index (χ0v) is 14.6. The van der Waals surface area contributed by atoms with Crippen molar-refractivity contribution < 1.29 is 0 Å². The van der Waals surface area contributed by atoms with E-state index in [1.54, 1.807) is 11.3 Å². The minimum absolute atomic E-state index is 0.761. The molecule has 0 unspecified atom stereocenters. The number of para-hydroxylation sites is 2. The Kier molecular flexibility index (Phi) is 4.27. The van der Waals surface area contributed by atoms with E-state index in [9.17, 15) is 0 Å². The minimum Gasteiger partial charge on any atom is -0.338 e. The van der Waals surface area contributed by atoms with E-state index in [4.69, 9.17) is 9.97 Å². The highest BCUT2D eigenvalue weighted by Crippen LogP contribution is 2.24. The molecule has 4 heteroatoms. The number of aromatic nitrogens is 2. The van der Waals surface area contributed by atoms with Gasteiger partial charge in [-0.15, -0.1) is 11.3 Å². The predicted molar refractivity (Wildman–Crippen MR) is 107 cm³/mol. The van der Waals surface area contributed by atoms with Crippen LogP contribution in [-0.2, 0) is 0 Å². The van der Waals surface area contributed by atoms with Crippen LogP contribution in [0, 0.1) is 6.92 Å². The van der Waals surface area contributed by atoms with Crippen molar-refractivity contribution in [2.75, 3.05) is 5.32 Å². The molecule has 0 amide bonds. The number of hydrogen-bond acceptors (Lipinski definition) is 4. The van der Waals surface area contributed by atoms with Gasteiger partial charge in [0, 0.05) is 10.6 Å². The summed E-state index contributed by atoms with van der Waals surface area (Å²) in [5.41, 5.74) is 4.81. The van der Waals surface area contributed by atoms with Gasteiger partial charge in [-0.2, -0.15) is 0 Å². The number of rotatable bonds is 4. The number of benzene rings is 2. The number of nitrogens with zero attached hydrogens (tertiary/aromatic N) is 2. The molecule has 4 rings (SSSR count). The van der Waals surface area contributed by atoms with Crippen LogP contribution < -0.4 is 5.32 Å². The predicted octanol–water partition coefficient (Wildman–Crippen LogP) is 5.91. The van der Waals surface area contributed by atoms with Crippen molar-refractivity contribution in [1.82, 2.24) is 9.97 Å². The van der Waals surface area contributed by atoms with Gasteiger partial charge in [-0.3, -0.25) is 0 Å². The van der Waals surface area contributed by atoms with E-state index in [-0.39, 0.29) is 0 Å². The van der Waals surface area contributed by atoms with Crippen molar-refractivity contribution in [3.05, 3.63) is 82.2 Å². The fourth-order valence-electron chi connectivity index (χ4n) is 2.63. The molecule has 0 aliphatic heterocycles. The van der Waals surface area contributed by atoms with Gasteiger partial charge < -0.3 is 5.32 Å². The molecule has 25 heavy (non-hydrogen) atoms. The fraction of sp³-hybridized carbons (Fsp3) is 0.0476. The number of anilines is 2. The molecule has 4 aromatic rings. The molecule has 0 fully saturated rings. The van der Waals surface area contributed by atoms with Crippen molar-refractivity contribution in [3.8, 4) is 0 Å². The summed E-state index contributed by atoms with van der Waals surface area (Å²) in [6, 6.07) is 20.3. The fourth-order valence-corrected chi connectivity index (χ4v) is 3.25. The van der Waals surface area contributed by atoms with E-state index in [1.165, 1.54) is 10.4 Å². The van der Waals surface area contributed by atoms with Gasteiger partial charge in [-0.05, 0) is 60.4 Å². The van der Waals surface area contributed by atoms with Gasteiger partial charge in [0.25, 0.3) is 0 Å². The summed E-state index contributed by atoms with van der Waals surface area (Å²) in [7, 11) is 0. The van der Waals surface area contributed by atoms with Crippen molar-refractivity contribution in [1.29, 1.82) is 0 Å². The Labute approximate surface area is 150 Å². The van der Waals surface area contributed by atoms with Crippen LogP contribution >= 0.6 is 11.3 Å². The third kappa shape index (κ3) is 3.59. The van der Waals surface area contributed by atoms with Gasteiger partial charge in [-0.25, -0.2) is 9.97 Å². The first-order valence-corrected chi connectivity index (χ1v) is 8.98. The standard InChI is InChI=1S/C21H17N3S/c1-15-6-4-7-16(14-15)22-21-20(12-11-17-8-5-13-25-17)23-18-9-2-3-10-19(18)24-21/h2-14H,1H3,(H,22,24)/b12-11+. The normalized spacial score (nSPS) is 11.2. The zero-order chi connectivity index (χ0) is 17.1. The van der Waals surface area contributed by atoms with Crippen LogP contribution in [0.2, 0.25) is 0 Å². The topological polar surface area (TPSA) is 37.8 Å². The van der Waals surface area contributed by atoms with Crippen LogP contribution in [0.25, 0.3) is 23.2 Å². The third-order valence-electron chi connectivity index (χ3n) is 3.83. The number of nitrogens with one attached hydrogen (secondary N) is 1. The minimum atomic E-state index is 0.761. The Hall–Kier alpha value is -2.98. The van der Waals surface area contributed by atoms with E-state index in [0.29, 0.717) is 0 Å². The SMILES string of the molecule is Cc1cccc(Nc2nc3ccccc3nc2/C=C/c2cccs2)c1. The van der Waals surface area contributed by atoms with Crippen molar-refractivity contribution in [3.63, 3.8) is 0 Å². The average Bonchev–Trinajstić information content (AvgIpc) is 3.13. The lowest BCUT2D eigenvalue weighted by Gasteiger charge is -2.10. The van der Waals surface area contributed by atoms with Gasteiger partial charge in [0.05, 0.1) is 11.0 Å². The quantitative estimate of drug-likeness (QED) is 0.500. The van der Waals surface area contributed by atoms with Crippen LogP contribution in [0.5, 0.6) is 0 Å². The van der Waals surface area contributed by atoms with Gasteiger partial charge in [0.2, 0.25) is 0 Å². The monoisotopic (exact) mass is 343 g/mol. The maximum absolute atomic E-state index is 4.79. The van der Waals surface area contributed by atoms with Gasteiger partial charge >= 0.3 is 0 Å². The van der Waals surface area contributed by atoms with Crippen molar-refractivity contribution in [2.24, 2.45) is 0 Å². The maximum atomic E-state index is 4.79. The van der Waals surface area contributed by atoms with Crippen LogP contribution in [0.4, 0.5) is 11.5 Å². The molecule has 2 aromatic heterocycles. The smallest absolute Gasteiger partial charge is 0.157 e. The van der Waals surface area contributed by atoms with Crippen LogP contribution in [0.15, 0.2) is 66.0 Å². The van der Waals surface area contributed by atoms with Crippen molar-refractivity contribution in [2.45, 2.75) is 6.92 Å². The number of aryl methyl sites for hydroxylation is 1. The molecule has 0 bridgehead atoms. The zero-order valence-electron chi connectivity index (χ0n) is 13.8. The third-order valence-corrected chi connectivity index (χ3v) is 4.66. The molecule has 2 aromatic carbocycles. The lowest BCUT2D eigenvalue weighted by Crippen LogP contribution is -2.00. The van der Waals surface area contributed by atoms with E-state index >= 15 is 0 Å². The van der Waals surface area contributed by atoms with Crippen LogP contribution in [0.3, 0.4) is 0 Å². The molecular weight excluding hydrogens is 326 g/mol. The summed E-state index contributed by atoms with van der Waals surface area (Å²) in [6.45, 7) is 2.08. The summed E-state index contributed by atoms with van der Waals surface area (Å²) in [6.07, 6.45) is 4.09. The largest absolute Gasteiger partial charge is 0.338 e. The molecule has 2 heterocycles. The molecule has 0 spiro atoms. The number of hydrogen-bond donors (Lipinski definition) is 1. The first-order valence-electron chi connectivity index (χ1n) is 8.10. The molecule has 0 radical (unpaired) electrons. The van der Waals surface area contributed by atoms with E-state index in [2.05, 4.69) is 41.9 Å². The highest BCUT2D eigenvalue weighted by Gasteiger charge is 2.07. The lowest BCUT2D eigenvalue weighted by molar-refractivity contribution is 1.25. The Morgan fingerprint density at radius 1 is 0.880 bits per heavy atom. The Bertz CT molecular complexity index is 1040. The molecule has 122 valence electrons. The number of thiophene rings is 1. The Morgan fingerprint density at radius 2 is 1.72 bits per heavy atom. The summed E-state index contributed by atoms with van der Waals surface area (Å²) >= 11 is 1.70. The molecule has 0 saturated carbocycles. The highest BCUT2D eigenvalue weighted by atomic mass is 32.1. The maximum Gasteiger partial charge on any atom is 0.157 e. The molecule has 0 aliphatic carbocycles. The van der Waals surface area contributed by atoms with Crippen LogP contribution in [-0.4, -0.2) is 9.97 Å². The highest BCUT2D eigenvalue weighted by molar-refractivity contribution is 7.10. The van der Waals surface area contributed by atoms with Crippen LogP contribution in [0.1, 0.15) is 16.1 Å². The Morgan fingerprint density at radius 3 is 2.48 bits per heavy atom. The van der Waals surface area contributed by atoms with E-state index in [1.807, 2.05) is 48.5 Å². The molecule has 1 N–H and O–H groups in total. The number of fused-ring (bicyclic) bond motifs is 1. The van der Waals surface area contributed by atoms with Gasteiger partial charge in [0.15, 0.2) is 5.82 Å². The van der Waals surface area contributed by atoms with Crippen molar-refractivity contribution >= 4 is 46.0 Å². The molecule has 0 atom stereocenters.